The zero-order chi connectivity index (χ0) is 12.3. The van der Waals surface area contributed by atoms with Gasteiger partial charge in [0, 0.05) is 12.7 Å². The molecule has 0 spiro atoms. The Hall–Kier alpha value is -2.43. The van der Waals surface area contributed by atoms with E-state index in [9.17, 15) is 9.70 Å². The topological polar surface area (TPSA) is 77.5 Å². The standard InChI is InChI=1S/C12H11N3O2/c13-12(16)11-6-10(14-17)8-15(11)7-9-4-2-1-3-5-9/h1-6,8H,7H2,(H2,13,16). The molecule has 1 heterocycles. The molecule has 5 nitrogen and oxygen atoms in total. The van der Waals surface area contributed by atoms with Crippen LogP contribution < -0.4 is 5.73 Å². The monoisotopic (exact) mass is 229 g/mol. The Kier molecular flexibility index (Phi) is 3.00. The number of benzene rings is 1. The van der Waals surface area contributed by atoms with Gasteiger partial charge in [-0.15, -0.1) is 4.91 Å². The molecule has 0 radical (unpaired) electrons. The second-order valence-corrected chi connectivity index (χ2v) is 3.65. The third kappa shape index (κ3) is 2.39. The maximum Gasteiger partial charge on any atom is 0.265 e. The van der Waals surface area contributed by atoms with Crippen LogP contribution >= 0.6 is 0 Å². The Morgan fingerprint density at radius 3 is 2.59 bits per heavy atom. The van der Waals surface area contributed by atoms with E-state index in [-0.39, 0.29) is 11.4 Å². The average molecular weight is 229 g/mol. The van der Waals surface area contributed by atoms with Crippen molar-refractivity contribution in [1.82, 2.24) is 4.57 Å². The first kappa shape index (κ1) is 11.1. The normalized spacial score (nSPS) is 10.1. The molecule has 0 aliphatic rings. The lowest BCUT2D eigenvalue weighted by Crippen LogP contribution is -2.16. The van der Waals surface area contributed by atoms with Crippen molar-refractivity contribution in [3.8, 4) is 0 Å². The van der Waals surface area contributed by atoms with E-state index in [1.165, 1.54) is 12.3 Å². The zero-order valence-electron chi connectivity index (χ0n) is 9.04. The number of nitrogens with two attached hydrogens (primary N) is 1. The lowest BCUT2D eigenvalue weighted by atomic mass is 10.2. The Bertz CT molecular complexity index is 546. The third-order valence-corrected chi connectivity index (χ3v) is 2.44. The van der Waals surface area contributed by atoms with Gasteiger partial charge in [0.15, 0.2) is 0 Å². The summed E-state index contributed by atoms with van der Waals surface area (Å²) in [4.78, 5) is 21.6. The number of aromatic nitrogens is 1. The predicted octanol–water partition coefficient (Wildman–Crippen LogP) is 2.03. The summed E-state index contributed by atoms with van der Waals surface area (Å²) in [5.41, 5.74) is 6.73. The number of amides is 1. The molecule has 0 fully saturated rings. The summed E-state index contributed by atoms with van der Waals surface area (Å²) in [6.45, 7) is 0.481. The van der Waals surface area contributed by atoms with Crippen molar-refractivity contribution in [3.05, 3.63) is 58.8 Å². The smallest absolute Gasteiger partial charge is 0.265 e. The molecule has 2 rings (SSSR count). The van der Waals surface area contributed by atoms with Gasteiger partial charge in [-0.3, -0.25) is 4.79 Å². The molecule has 0 bridgehead atoms. The van der Waals surface area contributed by atoms with Crippen molar-refractivity contribution in [2.45, 2.75) is 6.54 Å². The molecule has 0 aliphatic carbocycles. The van der Waals surface area contributed by atoms with Crippen molar-refractivity contribution < 1.29 is 4.79 Å². The Balaban J connectivity index is 2.35. The second kappa shape index (κ2) is 4.61. The van der Waals surface area contributed by atoms with Gasteiger partial charge in [0.25, 0.3) is 5.91 Å². The van der Waals surface area contributed by atoms with Crippen LogP contribution in [0.4, 0.5) is 5.69 Å². The maximum absolute atomic E-state index is 11.2. The van der Waals surface area contributed by atoms with Crippen molar-refractivity contribution in [3.63, 3.8) is 0 Å². The fourth-order valence-corrected chi connectivity index (χ4v) is 1.66. The van der Waals surface area contributed by atoms with Gasteiger partial charge < -0.3 is 10.3 Å². The minimum atomic E-state index is -0.573. The summed E-state index contributed by atoms with van der Waals surface area (Å²) >= 11 is 0. The summed E-state index contributed by atoms with van der Waals surface area (Å²) in [5.74, 6) is -0.573. The van der Waals surface area contributed by atoms with Crippen LogP contribution in [0.15, 0.2) is 47.8 Å². The van der Waals surface area contributed by atoms with E-state index in [1.807, 2.05) is 30.3 Å². The van der Waals surface area contributed by atoms with Crippen LogP contribution in [-0.2, 0) is 6.54 Å². The number of nitrogens with zero attached hydrogens (tertiary/aromatic N) is 2. The van der Waals surface area contributed by atoms with Crippen LogP contribution in [0.2, 0.25) is 0 Å². The van der Waals surface area contributed by atoms with Gasteiger partial charge in [0.05, 0.1) is 0 Å². The Morgan fingerprint density at radius 1 is 1.29 bits per heavy atom. The molecule has 0 atom stereocenters. The van der Waals surface area contributed by atoms with Crippen LogP contribution in [0, 0.1) is 4.91 Å². The van der Waals surface area contributed by atoms with Crippen LogP contribution in [0.1, 0.15) is 16.1 Å². The molecule has 2 N–H and O–H groups in total. The molecule has 0 unspecified atom stereocenters. The molecule has 0 saturated heterocycles. The summed E-state index contributed by atoms with van der Waals surface area (Å²) in [6, 6.07) is 11.0. The van der Waals surface area contributed by atoms with E-state index in [0.29, 0.717) is 6.54 Å². The SMILES string of the molecule is NC(=O)c1cc(N=O)cn1Cc1ccccc1. The largest absolute Gasteiger partial charge is 0.364 e. The van der Waals surface area contributed by atoms with Crippen molar-refractivity contribution in [2.24, 2.45) is 10.9 Å². The maximum atomic E-state index is 11.2. The number of hydrogen-bond acceptors (Lipinski definition) is 3. The predicted molar refractivity (Wildman–Crippen MR) is 63.9 cm³/mol. The quantitative estimate of drug-likeness (QED) is 0.814. The molecule has 0 aliphatic heterocycles. The number of primary amides is 1. The number of rotatable bonds is 4. The molecular formula is C12H11N3O2. The highest BCUT2D eigenvalue weighted by Gasteiger charge is 2.11. The zero-order valence-corrected chi connectivity index (χ0v) is 9.04. The molecule has 86 valence electrons. The second-order valence-electron chi connectivity index (χ2n) is 3.65. The molecule has 1 aromatic heterocycles. The average Bonchev–Trinajstić information content (AvgIpc) is 2.74. The molecular weight excluding hydrogens is 218 g/mol. The van der Waals surface area contributed by atoms with Gasteiger partial charge in [0.2, 0.25) is 0 Å². The minimum absolute atomic E-state index is 0.203. The first-order chi connectivity index (χ1) is 8.20. The lowest BCUT2D eigenvalue weighted by Gasteiger charge is -2.06. The summed E-state index contributed by atoms with van der Waals surface area (Å²) in [5, 5.41) is 2.80. The van der Waals surface area contributed by atoms with Gasteiger partial charge in [-0.05, 0) is 16.8 Å². The van der Waals surface area contributed by atoms with Crippen LogP contribution in [0.25, 0.3) is 0 Å². The van der Waals surface area contributed by atoms with E-state index in [0.717, 1.165) is 5.56 Å². The van der Waals surface area contributed by atoms with Gasteiger partial charge in [-0.1, -0.05) is 30.3 Å². The first-order valence-electron chi connectivity index (χ1n) is 5.08. The van der Waals surface area contributed by atoms with Crippen LogP contribution in [-0.4, -0.2) is 10.5 Å². The number of carbonyl (C=O) groups is 1. The van der Waals surface area contributed by atoms with Gasteiger partial charge in [0.1, 0.15) is 11.4 Å². The molecule has 0 saturated carbocycles. The number of hydrogen-bond donors (Lipinski definition) is 1. The van der Waals surface area contributed by atoms with E-state index in [1.54, 1.807) is 4.57 Å². The Morgan fingerprint density at radius 2 is 2.00 bits per heavy atom. The van der Waals surface area contributed by atoms with E-state index in [4.69, 9.17) is 5.73 Å². The van der Waals surface area contributed by atoms with Gasteiger partial charge in [-0.25, -0.2) is 0 Å². The van der Waals surface area contributed by atoms with E-state index < -0.39 is 5.91 Å². The van der Waals surface area contributed by atoms with Crippen molar-refractivity contribution in [1.29, 1.82) is 0 Å². The van der Waals surface area contributed by atoms with E-state index in [2.05, 4.69) is 5.18 Å². The molecule has 1 amide bonds. The third-order valence-electron chi connectivity index (χ3n) is 2.44. The highest BCUT2D eigenvalue weighted by molar-refractivity contribution is 5.92. The van der Waals surface area contributed by atoms with Crippen molar-refractivity contribution >= 4 is 11.6 Å². The van der Waals surface area contributed by atoms with E-state index >= 15 is 0 Å². The lowest BCUT2D eigenvalue weighted by molar-refractivity contribution is 0.0992. The first-order valence-corrected chi connectivity index (χ1v) is 5.08. The summed E-state index contributed by atoms with van der Waals surface area (Å²) in [6.07, 6.45) is 1.51. The summed E-state index contributed by atoms with van der Waals surface area (Å²) in [7, 11) is 0. The number of carbonyl (C=O) groups excluding carboxylic acids is 1. The fourth-order valence-electron chi connectivity index (χ4n) is 1.66. The summed E-state index contributed by atoms with van der Waals surface area (Å²) < 4.78 is 1.62. The highest BCUT2D eigenvalue weighted by atomic mass is 16.3. The van der Waals surface area contributed by atoms with Crippen LogP contribution in [0.5, 0.6) is 0 Å². The highest BCUT2D eigenvalue weighted by Crippen LogP contribution is 2.18. The minimum Gasteiger partial charge on any atom is -0.364 e. The van der Waals surface area contributed by atoms with Gasteiger partial charge in [-0.2, -0.15) is 0 Å². The Labute approximate surface area is 97.8 Å². The molecule has 17 heavy (non-hydrogen) atoms. The number of nitroso groups, excluding NO2 is 1. The van der Waals surface area contributed by atoms with Gasteiger partial charge >= 0.3 is 0 Å². The fraction of sp³-hybridized carbons (Fsp3) is 0.0833. The van der Waals surface area contributed by atoms with Crippen molar-refractivity contribution in [2.75, 3.05) is 0 Å². The molecule has 2 aromatic rings. The molecule has 1 aromatic carbocycles. The molecule has 5 heteroatoms. The van der Waals surface area contributed by atoms with Crippen LogP contribution in [0.3, 0.4) is 0 Å².